The van der Waals surface area contributed by atoms with Gasteiger partial charge in [-0.3, -0.25) is 4.79 Å². The molecule has 0 aromatic heterocycles. The highest BCUT2D eigenvalue weighted by atomic mass is 16.5. The van der Waals surface area contributed by atoms with Gasteiger partial charge in [0.1, 0.15) is 5.75 Å². The maximum absolute atomic E-state index is 13.1. The maximum Gasteiger partial charge on any atom is 0.285 e. The molecule has 4 nitrogen and oxygen atoms in total. The number of quaternary nitrogens is 1. The molecule has 1 fully saturated rings. The molecule has 0 N–H and O–H groups in total. The molecule has 1 heterocycles. The zero-order valence-corrected chi connectivity index (χ0v) is 14.8. The first-order chi connectivity index (χ1) is 10.3. The third kappa shape index (κ3) is 2.98. The van der Waals surface area contributed by atoms with Crippen LogP contribution in [-0.2, 0) is 4.79 Å². The van der Waals surface area contributed by atoms with Crippen molar-refractivity contribution in [2.45, 2.75) is 39.7 Å². The fraction of sp³-hybridized carbons (Fsp3) is 0.611. The van der Waals surface area contributed by atoms with Crippen LogP contribution >= 0.6 is 0 Å². The number of rotatable bonds is 4. The molecule has 1 atom stereocenters. The third-order valence-corrected chi connectivity index (χ3v) is 5.04. The summed E-state index contributed by atoms with van der Waals surface area (Å²) < 4.78 is 6.08. The van der Waals surface area contributed by atoms with Gasteiger partial charge in [0.25, 0.3) is 5.91 Å². The lowest BCUT2D eigenvalue weighted by molar-refractivity contribution is -0.904. The Hall–Kier alpha value is -1.55. The summed E-state index contributed by atoms with van der Waals surface area (Å²) in [6.45, 7) is 8.04. The Morgan fingerprint density at radius 2 is 1.86 bits per heavy atom. The van der Waals surface area contributed by atoms with Crippen LogP contribution in [-0.4, -0.2) is 50.7 Å². The molecule has 4 heteroatoms. The average Bonchev–Trinajstić information content (AvgIpc) is 2.47. The number of aryl methyl sites for hydroxylation is 2. The molecule has 22 heavy (non-hydrogen) atoms. The van der Waals surface area contributed by atoms with Gasteiger partial charge in [-0.2, -0.15) is 0 Å². The van der Waals surface area contributed by atoms with Crippen molar-refractivity contribution in [3.63, 3.8) is 0 Å². The predicted octanol–water partition coefficient (Wildman–Crippen LogP) is 2.90. The van der Waals surface area contributed by atoms with Crippen LogP contribution in [0, 0.1) is 13.8 Å². The predicted molar refractivity (Wildman–Crippen MR) is 90.5 cm³/mol. The zero-order chi connectivity index (χ0) is 16.5. The van der Waals surface area contributed by atoms with Crippen LogP contribution in [0.25, 0.3) is 0 Å². The Morgan fingerprint density at radius 3 is 2.36 bits per heavy atom. The number of carbonyl (C=O) groups excluding carboxylic acids is 1. The average molecular weight is 305 g/mol. The monoisotopic (exact) mass is 305 g/mol. The number of hydrogen-bond acceptors (Lipinski definition) is 2. The van der Waals surface area contributed by atoms with E-state index in [-0.39, 0.29) is 11.9 Å². The van der Waals surface area contributed by atoms with Gasteiger partial charge >= 0.3 is 0 Å². The standard InChI is InChI=1S/C18H29N2O2/c1-7-20(4,5)16-9-8-10-19(18(16)21)17-13(2)11-15(22-6)12-14(17)3/h11-12,16H,7-10H2,1-6H3/q+1. The molecule has 1 unspecified atom stereocenters. The molecule has 2 rings (SSSR count). The summed E-state index contributed by atoms with van der Waals surface area (Å²) in [6, 6.07) is 4.08. The molecule has 1 aromatic rings. The Labute approximate surface area is 134 Å². The highest BCUT2D eigenvalue weighted by Crippen LogP contribution is 2.33. The zero-order valence-electron chi connectivity index (χ0n) is 14.8. The molecule has 0 saturated carbocycles. The van der Waals surface area contributed by atoms with Crippen LogP contribution in [0.1, 0.15) is 30.9 Å². The highest BCUT2D eigenvalue weighted by Gasteiger charge is 2.40. The second-order valence-corrected chi connectivity index (χ2v) is 6.85. The van der Waals surface area contributed by atoms with E-state index in [2.05, 4.69) is 34.9 Å². The molecule has 0 bridgehead atoms. The normalized spacial score (nSPS) is 19.5. The van der Waals surface area contributed by atoms with Gasteiger partial charge in [-0.15, -0.1) is 0 Å². The van der Waals surface area contributed by atoms with Crippen molar-refractivity contribution >= 4 is 11.6 Å². The largest absolute Gasteiger partial charge is 0.497 e. The minimum atomic E-state index is 0.0552. The topological polar surface area (TPSA) is 29.5 Å². The van der Waals surface area contributed by atoms with E-state index < -0.39 is 0 Å². The quantitative estimate of drug-likeness (QED) is 0.801. The second-order valence-electron chi connectivity index (χ2n) is 6.85. The van der Waals surface area contributed by atoms with Crippen LogP contribution in [0.4, 0.5) is 5.69 Å². The number of methoxy groups -OCH3 is 1. The van der Waals surface area contributed by atoms with Crippen molar-refractivity contribution in [2.24, 2.45) is 0 Å². The van der Waals surface area contributed by atoms with Crippen molar-refractivity contribution < 1.29 is 14.0 Å². The first-order valence-corrected chi connectivity index (χ1v) is 8.11. The lowest BCUT2D eigenvalue weighted by Gasteiger charge is -2.42. The first-order valence-electron chi connectivity index (χ1n) is 8.11. The van der Waals surface area contributed by atoms with Gasteiger partial charge in [0.05, 0.1) is 27.7 Å². The maximum atomic E-state index is 13.1. The highest BCUT2D eigenvalue weighted by molar-refractivity contribution is 5.98. The lowest BCUT2D eigenvalue weighted by atomic mass is 9.98. The summed E-state index contributed by atoms with van der Waals surface area (Å²) in [4.78, 5) is 15.1. The number of amides is 1. The number of ether oxygens (including phenoxy) is 1. The van der Waals surface area contributed by atoms with Crippen molar-refractivity contribution in [2.75, 3.05) is 39.2 Å². The summed E-state index contributed by atoms with van der Waals surface area (Å²) in [5.41, 5.74) is 3.27. The SMILES string of the molecule is CC[N+](C)(C)C1CCCN(c2c(C)cc(OC)cc2C)C1=O. The Kier molecular flexibility index (Phi) is 4.81. The van der Waals surface area contributed by atoms with Crippen LogP contribution in [0.5, 0.6) is 5.75 Å². The molecule has 1 saturated heterocycles. The van der Waals surface area contributed by atoms with Gasteiger partial charge in [-0.25, -0.2) is 0 Å². The smallest absolute Gasteiger partial charge is 0.285 e. The van der Waals surface area contributed by atoms with Gasteiger partial charge < -0.3 is 14.1 Å². The van der Waals surface area contributed by atoms with Gasteiger partial charge in [0, 0.05) is 18.7 Å². The van der Waals surface area contributed by atoms with Crippen LogP contribution in [0.15, 0.2) is 12.1 Å². The van der Waals surface area contributed by atoms with Crippen LogP contribution in [0.2, 0.25) is 0 Å². The molecule has 0 aliphatic carbocycles. The number of nitrogens with zero attached hydrogens (tertiary/aromatic N) is 2. The lowest BCUT2D eigenvalue weighted by Crippen LogP contribution is -2.59. The summed E-state index contributed by atoms with van der Waals surface area (Å²) in [6.07, 6.45) is 2.04. The van der Waals surface area contributed by atoms with Crippen molar-refractivity contribution in [3.05, 3.63) is 23.3 Å². The van der Waals surface area contributed by atoms with E-state index in [0.717, 1.165) is 53.0 Å². The fourth-order valence-corrected chi connectivity index (χ4v) is 3.41. The minimum absolute atomic E-state index is 0.0552. The molecule has 1 aromatic carbocycles. The Bertz CT molecular complexity index is 543. The van der Waals surface area contributed by atoms with Crippen molar-refractivity contribution in [1.29, 1.82) is 0 Å². The minimum Gasteiger partial charge on any atom is -0.497 e. The Morgan fingerprint density at radius 1 is 1.27 bits per heavy atom. The van der Waals surface area contributed by atoms with Gasteiger partial charge in [0.2, 0.25) is 0 Å². The number of piperidine rings is 1. The fourth-order valence-electron chi connectivity index (χ4n) is 3.41. The number of anilines is 1. The van der Waals surface area contributed by atoms with E-state index in [1.165, 1.54) is 0 Å². The molecule has 122 valence electrons. The number of likely N-dealkylation sites (N-methyl/N-ethyl adjacent to an activating group) is 1. The molecule has 0 spiro atoms. The molecule has 1 aliphatic rings. The van der Waals surface area contributed by atoms with Crippen LogP contribution in [0.3, 0.4) is 0 Å². The van der Waals surface area contributed by atoms with E-state index in [0.29, 0.717) is 0 Å². The van der Waals surface area contributed by atoms with Gasteiger partial charge in [-0.05, 0) is 50.5 Å². The summed E-state index contributed by atoms with van der Waals surface area (Å²) in [5.74, 6) is 1.11. The number of benzene rings is 1. The number of hydrogen-bond donors (Lipinski definition) is 0. The molecule has 0 radical (unpaired) electrons. The van der Waals surface area contributed by atoms with Gasteiger partial charge in [0.15, 0.2) is 6.04 Å². The first kappa shape index (κ1) is 16.8. The van der Waals surface area contributed by atoms with E-state index >= 15 is 0 Å². The molecule has 1 amide bonds. The van der Waals surface area contributed by atoms with Crippen LogP contribution < -0.4 is 9.64 Å². The Balaban J connectivity index is 2.39. The molecular weight excluding hydrogens is 276 g/mol. The van der Waals surface area contributed by atoms with E-state index in [1.54, 1.807) is 7.11 Å². The third-order valence-electron chi connectivity index (χ3n) is 5.04. The van der Waals surface area contributed by atoms with E-state index in [1.807, 2.05) is 17.0 Å². The van der Waals surface area contributed by atoms with Crippen molar-refractivity contribution in [3.8, 4) is 5.75 Å². The number of carbonyl (C=O) groups is 1. The molecular formula is C18H29N2O2+. The van der Waals surface area contributed by atoms with Gasteiger partial charge in [-0.1, -0.05) is 0 Å². The summed E-state index contributed by atoms with van der Waals surface area (Å²) in [7, 11) is 5.98. The summed E-state index contributed by atoms with van der Waals surface area (Å²) in [5, 5.41) is 0. The summed E-state index contributed by atoms with van der Waals surface area (Å²) >= 11 is 0. The van der Waals surface area contributed by atoms with Crippen molar-refractivity contribution in [1.82, 2.24) is 0 Å². The van der Waals surface area contributed by atoms with E-state index in [4.69, 9.17) is 4.74 Å². The second kappa shape index (κ2) is 6.29. The molecule has 1 aliphatic heterocycles. The van der Waals surface area contributed by atoms with E-state index in [9.17, 15) is 4.79 Å².